The smallest absolute Gasteiger partial charge is 0.000671 e. The van der Waals surface area contributed by atoms with Crippen LogP contribution < -0.4 is 11.1 Å². The molecule has 2 fully saturated rings. The molecule has 1 saturated carbocycles. The molecule has 0 atom stereocenters. The molecule has 2 aliphatic rings. The first-order valence-corrected chi connectivity index (χ1v) is 10.5. The molecule has 0 spiro atoms. The van der Waals surface area contributed by atoms with E-state index in [4.69, 9.17) is 5.73 Å². The van der Waals surface area contributed by atoms with Crippen molar-refractivity contribution >= 4 is 0 Å². The molecular formula is C20H41N3. The first-order valence-electron chi connectivity index (χ1n) is 10.5. The zero-order chi connectivity index (χ0) is 16.2. The Labute approximate surface area is 144 Å². The predicted molar refractivity (Wildman–Crippen MR) is 101 cm³/mol. The molecule has 0 aromatic rings. The quantitative estimate of drug-likeness (QED) is 0.635. The van der Waals surface area contributed by atoms with Crippen LogP contribution >= 0.6 is 0 Å². The van der Waals surface area contributed by atoms with Crippen LogP contribution in [0, 0.1) is 11.8 Å². The van der Waals surface area contributed by atoms with Gasteiger partial charge in [0.15, 0.2) is 0 Å². The van der Waals surface area contributed by atoms with Crippen LogP contribution in [0.5, 0.6) is 0 Å². The van der Waals surface area contributed by atoms with E-state index in [0.29, 0.717) is 0 Å². The summed E-state index contributed by atoms with van der Waals surface area (Å²) in [5.41, 5.74) is 5.60. The summed E-state index contributed by atoms with van der Waals surface area (Å²) < 4.78 is 0. The van der Waals surface area contributed by atoms with E-state index in [1.54, 1.807) is 0 Å². The van der Waals surface area contributed by atoms with Crippen molar-refractivity contribution in [2.75, 3.05) is 39.3 Å². The van der Waals surface area contributed by atoms with E-state index < -0.39 is 0 Å². The van der Waals surface area contributed by atoms with Crippen LogP contribution in [0.4, 0.5) is 0 Å². The van der Waals surface area contributed by atoms with Gasteiger partial charge in [0.2, 0.25) is 0 Å². The minimum atomic E-state index is 0.840. The van der Waals surface area contributed by atoms with Crippen molar-refractivity contribution in [1.82, 2.24) is 10.2 Å². The lowest BCUT2D eigenvalue weighted by molar-refractivity contribution is 0.176. The molecule has 3 nitrogen and oxygen atoms in total. The molecule has 3 heteroatoms. The maximum absolute atomic E-state index is 5.60. The summed E-state index contributed by atoms with van der Waals surface area (Å²) in [5, 5.41) is 3.76. The Balaban J connectivity index is 1.44. The van der Waals surface area contributed by atoms with Crippen molar-refractivity contribution in [3.8, 4) is 0 Å². The van der Waals surface area contributed by atoms with Gasteiger partial charge in [-0.15, -0.1) is 0 Å². The lowest BCUT2D eigenvalue weighted by atomic mass is 9.91. The van der Waals surface area contributed by atoms with Gasteiger partial charge in [-0.2, -0.15) is 0 Å². The monoisotopic (exact) mass is 323 g/mol. The molecule has 0 bridgehead atoms. The second-order valence-corrected chi connectivity index (χ2v) is 7.98. The number of likely N-dealkylation sites (tertiary alicyclic amines) is 1. The first kappa shape index (κ1) is 19.2. The summed E-state index contributed by atoms with van der Waals surface area (Å²) in [7, 11) is 0. The summed E-state index contributed by atoms with van der Waals surface area (Å²) in [6, 6.07) is 0. The highest BCUT2D eigenvalue weighted by Gasteiger charge is 2.18. The minimum absolute atomic E-state index is 0.840. The predicted octanol–water partition coefficient (Wildman–Crippen LogP) is 3.78. The van der Waals surface area contributed by atoms with E-state index in [-0.39, 0.29) is 0 Å². The van der Waals surface area contributed by atoms with Gasteiger partial charge in [0.1, 0.15) is 0 Å². The number of hydrogen-bond acceptors (Lipinski definition) is 3. The number of nitrogens with zero attached hydrogens (tertiary/aromatic N) is 1. The Hall–Kier alpha value is -0.120. The summed E-state index contributed by atoms with van der Waals surface area (Å²) in [6.45, 7) is 7.18. The second-order valence-electron chi connectivity index (χ2n) is 7.98. The van der Waals surface area contributed by atoms with Crippen LogP contribution in [0.15, 0.2) is 0 Å². The SMILES string of the molecule is NCCCN1CCC(CCCNCC2CCCCCCC2)CC1. The van der Waals surface area contributed by atoms with E-state index in [1.165, 1.54) is 103 Å². The summed E-state index contributed by atoms with van der Waals surface area (Å²) in [5.74, 6) is 1.94. The van der Waals surface area contributed by atoms with Crippen LogP contribution in [0.1, 0.15) is 77.0 Å². The van der Waals surface area contributed by atoms with E-state index in [0.717, 1.165) is 24.8 Å². The molecule has 3 N–H and O–H groups in total. The Morgan fingerprint density at radius 3 is 2.22 bits per heavy atom. The van der Waals surface area contributed by atoms with Crippen LogP contribution in [0.25, 0.3) is 0 Å². The Bertz CT molecular complexity index is 266. The standard InChI is InChI=1S/C20H41N3/c21-13-7-15-23-16-11-19(12-17-23)10-6-14-22-18-20-8-4-2-1-3-5-9-20/h19-20,22H,1-18,21H2. The highest BCUT2D eigenvalue weighted by molar-refractivity contribution is 4.73. The molecule has 1 heterocycles. The van der Waals surface area contributed by atoms with Crippen molar-refractivity contribution in [1.29, 1.82) is 0 Å². The van der Waals surface area contributed by atoms with Gasteiger partial charge in [0, 0.05) is 0 Å². The molecule has 2 rings (SSSR count). The molecule has 0 aromatic carbocycles. The van der Waals surface area contributed by atoms with Crippen LogP contribution in [-0.4, -0.2) is 44.2 Å². The van der Waals surface area contributed by atoms with Crippen LogP contribution in [-0.2, 0) is 0 Å². The van der Waals surface area contributed by atoms with Gasteiger partial charge in [0.05, 0.1) is 0 Å². The number of nitrogens with two attached hydrogens (primary N) is 1. The van der Waals surface area contributed by atoms with Crippen molar-refractivity contribution < 1.29 is 0 Å². The van der Waals surface area contributed by atoms with Gasteiger partial charge >= 0.3 is 0 Å². The normalized spacial score (nSPS) is 22.8. The Morgan fingerprint density at radius 1 is 0.826 bits per heavy atom. The molecule has 0 amide bonds. The van der Waals surface area contributed by atoms with Gasteiger partial charge in [-0.05, 0) is 96.1 Å². The van der Waals surface area contributed by atoms with Gasteiger partial charge in [-0.1, -0.05) is 32.1 Å². The maximum atomic E-state index is 5.60. The second kappa shape index (κ2) is 12.3. The Morgan fingerprint density at radius 2 is 1.52 bits per heavy atom. The molecule has 0 aromatic heterocycles. The number of piperidine rings is 1. The van der Waals surface area contributed by atoms with Gasteiger partial charge in [0.25, 0.3) is 0 Å². The number of nitrogens with one attached hydrogen (secondary N) is 1. The Kier molecular flexibility index (Phi) is 10.2. The average Bonchev–Trinajstić information content (AvgIpc) is 2.55. The maximum Gasteiger partial charge on any atom is -0.000671 e. The van der Waals surface area contributed by atoms with Gasteiger partial charge < -0.3 is 16.0 Å². The molecule has 23 heavy (non-hydrogen) atoms. The van der Waals surface area contributed by atoms with Crippen molar-refractivity contribution in [3.63, 3.8) is 0 Å². The molecule has 0 radical (unpaired) electrons. The highest BCUT2D eigenvalue weighted by Crippen LogP contribution is 2.23. The lowest BCUT2D eigenvalue weighted by Gasteiger charge is -2.32. The molecule has 0 unspecified atom stereocenters. The van der Waals surface area contributed by atoms with Crippen molar-refractivity contribution in [2.45, 2.75) is 77.0 Å². The molecule has 1 saturated heterocycles. The van der Waals surface area contributed by atoms with Crippen molar-refractivity contribution in [2.24, 2.45) is 17.6 Å². The largest absolute Gasteiger partial charge is 0.330 e. The molecule has 1 aliphatic heterocycles. The fraction of sp³-hybridized carbons (Fsp3) is 1.00. The third kappa shape index (κ3) is 8.51. The zero-order valence-electron chi connectivity index (χ0n) is 15.4. The zero-order valence-corrected chi connectivity index (χ0v) is 15.4. The third-order valence-corrected chi connectivity index (χ3v) is 6.01. The summed E-state index contributed by atoms with van der Waals surface area (Å²) >= 11 is 0. The lowest BCUT2D eigenvalue weighted by Crippen LogP contribution is -2.35. The van der Waals surface area contributed by atoms with Gasteiger partial charge in [-0.3, -0.25) is 0 Å². The topological polar surface area (TPSA) is 41.3 Å². The first-order chi connectivity index (χ1) is 11.4. The van der Waals surface area contributed by atoms with E-state index >= 15 is 0 Å². The average molecular weight is 324 g/mol. The van der Waals surface area contributed by atoms with Gasteiger partial charge in [-0.25, -0.2) is 0 Å². The summed E-state index contributed by atoms with van der Waals surface area (Å²) in [6.07, 6.45) is 17.1. The van der Waals surface area contributed by atoms with E-state index in [2.05, 4.69) is 10.2 Å². The van der Waals surface area contributed by atoms with Crippen LogP contribution in [0.2, 0.25) is 0 Å². The number of rotatable bonds is 9. The van der Waals surface area contributed by atoms with Crippen LogP contribution in [0.3, 0.4) is 0 Å². The fourth-order valence-electron chi connectivity index (χ4n) is 4.38. The number of hydrogen-bond donors (Lipinski definition) is 2. The third-order valence-electron chi connectivity index (χ3n) is 6.01. The molecule has 136 valence electrons. The highest BCUT2D eigenvalue weighted by atomic mass is 15.1. The summed E-state index contributed by atoms with van der Waals surface area (Å²) in [4.78, 5) is 2.61. The molecule has 1 aliphatic carbocycles. The van der Waals surface area contributed by atoms with Crippen molar-refractivity contribution in [3.05, 3.63) is 0 Å². The van der Waals surface area contributed by atoms with E-state index in [1.807, 2.05) is 0 Å². The fourth-order valence-corrected chi connectivity index (χ4v) is 4.38. The molecular weight excluding hydrogens is 282 g/mol. The van der Waals surface area contributed by atoms with E-state index in [9.17, 15) is 0 Å². The minimum Gasteiger partial charge on any atom is -0.330 e.